The lowest BCUT2D eigenvalue weighted by Crippen LogP contribution is -1.95. The number of nitrogens with zero attached hydrogens (tertiary/aromatic N) is 3. The Bertz CT molecular complexity index is 1110. The van der Waals surface area contributed by atoms with Gasteiger partial charge in [-0.3, -0.25) is 0 Å². The maximum absolute atomic E-state index is 9.60. The summed E-state index contributed by atoms with van der Waals surface area (Å²) in [5.41, 5.74) is 3.32. The normalized spacial score (nSPS) is 11.6. The van der Waals surface area contributed by atoms with E-state index in [-0.39, 0.29) is 0 Å². The summed E-state index contributed by atoms with van der Waals surface area (Å²) in [5.74, 6) is 2.03. The number of aromatic nitrogens is 2. The summed E-state index contributed by atoms with van der Waals surface area (Å²) in [6, 6.07) is 23.7. The molecule has 4 aromatic rings. The summed E-state index contributed by atoms with van der Waals surface area (Å²) in [6.07, 6.45) is 1.73. The quantitative estimate of drug-likeness (QED) is 0.504. The summed E-state index contributed by atoms with van der Waals surface area (Å²) in [4.78, 5) is 4.58. The molecule has 0 bridgehead atoms. The van der Waals surface area contributed by atoms with Crippen LogP contribution in [0.5, 0.6) is 0 Å². The topological polar surface area (TPSA) is 54.8 Å². The predicted molar refractivity (Wildman–Crippen MR) is 98.3 cm³/mol. The molecule has 0 aliphatic carbocycles. The molecule has 0 amide bonds. The van der Waals surface area contributed by atoms with E-state index in [1.54, 1.807) is 6.08 Å². The van der Waals surface area contributed by atoms with Gasteiger partial charge in [-0.05, 0) is 24.3 Å². The molecule has 0 N–H and O–H groups in total. The molecule has 4 heteroatoms. The number of hydrogen-bond acceptors (Lipinski definition) is 3. The number of allylic oxidation sites excluding steroid dienone is 1. The fraction of sp³-hybridized carbons (Fsp3) is 0.0476. The molecule has 0 unspecified atom stereocenters. The van der Waals surface area contributed by atoms with E-state index >= 15 is 0 Å². The first-order valence-electron chi connectivity index (χ1n) is 7.95. The van der Waals surface area contributed by atoms with Crippen LogP contribution >= 0.6 is 0 Å². The molecule has 0 atom stereocenters. The van der Waals surface area contributed by atoms with Crippen molar-refractivity contribution in [2.45, 2.75) is 0 Å². The first-order chi connectivity index (χ1) is 12.3. The lowest BCUT2D eigenvalue weighted by atomic mass is 10.2. The maximum Gasteiger partial charge on any atom is 0.151 e. The zero-order chi connectivity index (χ0) is 17.2. The average Bonchev–Trinajstić information content (AvgIpc) is 3.26. The number of rotatable bonds is 3. The van der Waals surface area contributed by atoms with Crippen molar-refractivity contribution in [2.24, 2.45) is 7.05 Å². The average molecular weight is 325 g/mol. The monoisotopic (exact) mass is 325 g/mol. The second-order valence-electron chi connectivity index (χ2n) is 5.72. The Hall–Kier alpha value is -3.58. The first kappa shape index (κ1) is 15.0. The van der Waals surface area contributed by atoms with E-state index in [9.17, 15) is 5.26 Å². The predicted octanol–water partition coefficient (Wildman–Crippen LogP) is 4.90. The molecule has 4 rings (SSSR count). The van der Waals surface area contributed by atoms with E-state index in [0.717, 1.165) is 22.4 Å². The van der Waals surface area contributed by atoms with Crippen LogP contribution in [0.1, 0.15) is 11.6 Å². The van der Waals surface area contributed by atoms with E-state index in [0.29, 0.717) is 17.2 Å². The number of furan rings is 1. The third-order valence-electron chi connectivity index (χ3n) is 4.12. The van der Waals surface area contributed by atoms with E-state index in [1.165, 1.54) is 0 Å². The summed E-state index contributed by atoms with van der Waals surface area (Å²) in [5, 5.41) is 9.60. The summed E-state index contributed by atoms with van der Waals surface area (Å²) < 4.78 is 7.79. The Morgan fingerprint density at radius 1 is 1.04 bits per heavy atom. The minimum Gasteiger partial charge on any atom is -0.457 e. The van der Waals surface area contributed by atoms with Crippen LogP contribution in [0.2, 0.25) is 0 Å². The lowest BCUT2D eigenvalue weighted by Gasteiger charge is -2.00. The van der Waals surface area contributed by atoms with Crippen molar-refractivity contribution in [3.63, 3.8) is 0 Å². The Kier molecular flexibility index (Phi) is 3.68. The van der Waals surface area contributed by atoms with Crippen molar-refractivity contribution >= 4 is 22.7 Å². The van der Waals surface area contributed by atoms with Crippen LogP contribution in [-0.2, 0) is 7.05 Å². The van der Waals surface area contributed by atoms with Crippen molar-refractivity contribution in [1.82, 2.24) is 9.55 Å². The first-order valence-corrected chi connectivity index (χ1v) is 7.95. The molecule has 0 fully saturated rings. The van der Waals surface area contributed by atoms with Crippen molar-refractivity contribution in [2.75, 3.05) is 0 Å². The third-order valence-corrected chi connectivity index (χ3v) is 4.12. The van der Waals surface area contributed by atoms with Crippen LogP contribution in [-0.4, -0.2) is 9.55 Å². The largest absolute Gasteiger partial charge is 0.457 e. The molecule has 0 radical (unpaired) electrons. The van der Waals surface area contributed by atoms with Gasteiger partial charge in [0.2, 0.25) is 0 Å². The summed E-state index contributed by atoms with van der Waals surface area (Å²) in [6.45, 7) is 0. The van der Waals surface area contributed by atoms with Gasteiger partial charge < -0.3 is 8.98 Å². The van der Waals surface area contributed by atoms with Gasteiger partial charge >= 0.3 is 0 Å². The van der Waals surface area contributed by atoms with Gasteiger partial charge in [0.15, 0.2) is 5.82 Å². The Morgan fingerprint density at radius 2 is 1.80 bits per heavy atom. The van der Waals surface area contributed by atoms with Crippen LogP contribution in [0, 0.1) is 11.3 Å². The zero-order valence-electron chi connectivity index (χ0n) is 13.7. The summed E-state index contributed by atoms with van der Waals surface area (Å²) >= 11 is 0. The van der Waals surface area contributed by atoms with Gasteiger partial charge in [0.05, 0.1) is 16.6 Å². The molecule has 0 aliphatic rings. The maximum atomic E-state index is 9.60. The zero-order valence-corrected chi connectivity index (χ0v) is 13.7. The number of imidazole rings is 1. The lowest BCUT2D eigenvalue weighted by molar-refractivity contribution is 0.572. The van der Waals surface area contributed by atoms with Gasteiger partial charge in [0, 0.05) is 18.7 Å². The van der Waals surface area contributed by atoms with Gasteiger partial charge in [0.25, 0.3) is 0 Å². The fourth-order valence-electron chi connectivity index (χ4n) is 2.86. The molecule has 2 aromatic carbocycles. The van der Waals surface area contributed by atoms with E-state index < -0.39 is 0 Å². The highest BCUT2D eigenvalue weighted by Gasteiger charge is 2.13. The van der Waals surface area contributed by atoms with Crippen molar-refractivity contribution in [1.29, 1.82) is 5.26 Å². The molecule has 0 saturated carbocycles. The number of aryl methyl sites for hydroxylation is 1. The molecule has 2 aromatic heterocycles. The number of hydrogen-bond donors (Lipinski definition) is 0. The molecule has 0 saturated heterocycles. The number of nitriles is 1. The van der Waals surface area contributed by atoms with Crippen molar-refractivity contribution < 1.29 is 4.42 Å². The molecule has 4 nitrogen and oxygen atoms in total. The molecule has 25 heavy (non-hydrogen) atoms. The summed E-state index contributed by atoms with van der Waals surface area (Å²) in [7, 11) is 1.91. The molecular weight excluding hydrogens is 310 g/mol. The SMILES string of the molecule is Cn1c(/C(C#N)=C/c2ccc(-c3ccccc3)o2)nc2ccccc21. The van der Waals surface area contributed by atoms with Gasteiger partial charge in [-0.15, -0.1) is 0 Å². The van der Waals surface area contributed by atoms with E-state index in [4.69, 9.17) is 4.42 Å². The number of fused-ring (bicyclic) bond motifs is 1. The molecule has 0 aliphatic heterocycles. The Labute approximate surface area is 145 Å². The smallest absolute Gasteiger partial charge is 0.151 e. The van der Waals surface area contributed by atoms with Crippen LogP contribution in [0.15, 0.2) is 71.1 Å². The fourth-order valence-corrected chi connectivity index (χ4v) is 2.86. The van der Waals surface area contributed by atoms with Crippen LogP contribution in [0.3, 0.4) is 0 Å². The highest BCUT2D eigenvalue weighted by Crippen LogP contribution is 2.26. The van der Waals surface area contributed by atoms with Gasteiger partial charge in [-0.25, -0.2) is 4.98 Å². The molecule has 120 valence electrons. The highest BCUT2D eigenvalue weighted by molar-refractivity contribution is 5.90. The minimum atomic E-state index is 0.465. The Balaban J connectivity index is 1.75. The van der Waals surface area contributed by atoms with Gasteiger partial charge in [-0.2, -0.15) is 5.26 Å². The van der Waals surface area contributed by atoms with Crippen molar-refractivity contribution in [3.8, 4) is 17.4 Å². The van der Waals surface area contributed by atoms with Crippen LogP contribution in [0.4, 0.5) is 0 Å². The van der Waals surface area contributed by atoms with E-state index in [1.807, 2.05) is 78.3 Å². The standard InChI is InChI=1S/C21H15N3O/c1-24-19-10-6-5-9-18(19)23-21(24)16(14-22)13-17-11-12-20(25-17)15-7-3-2-4-8-15/h2-13H,1H3/b16-13+. The van der Waals surface area contributed by atoms with Gasteiger partial charge in [-0.1, -0.05) is 42.5 Å². The number of para-hydroxylation sites is 2. The molecule has 2 heterocycles. The van der Waals surface area contributed by atoms with Crippen molar-refractivity contribution in [3.05, 3.63) is 78.3 Å². The third kappa shape index (κ3) is 2.73. The van der Waals surface area contributed by atoms with E-state index in [2.05, 4.69) is 11.1 Å². The molecular formula is C21H15N3O. The minimum absolute atomic E-state index is 0.465. The van der Waals surface area contributed by atoms with Crippen LogP contribution < -0.4 is 0 Å². The Morgan fingerprint density at radius 3 is 2.56 bits per heavy atom. The number of benzene rings is 2. The second-order valence-corrected chi connectivity index (χ2v) is 5.72. The second kappa shape index (κ2) is 6.14. The molecule has 0 spiro atoms. The van der Waals surface area contributed by atoms with Crippen LogP contribution in [0.25, 0.3) is 34.0 Å². The highest BCUT2D eigenvalue weighted by atomic mass is 16.3. The van der Waals surface area contributed by atoms with Gasteiger partial charge in [0.1, 0.15) is 17.6 Å².